The van der Waals surface area contributed by atoms with Gasteiger partial charge in [-0.3, -0.25) is 4.79 Å². The number of esters is 1. The van der Waals surface area contributed by atoms with E-state index < -0.39 is 24.1 Å². The smallest absolute Gasteiger partial charge is 0.407 e. The number of carboxylic acid groups (broad SMARTS) is 1. The van der Waals surface area contributed by atoms with Crippen molar-refractivity contribution in [2.45, 2.75) is 24.8 Å². The Morgan fingerprint density at radius 3 is 2.30 bits per heavy atom. The van der Waals surface area contributed by atoms with Gasteiger partial charge in [0.1, 0.15) is 19.3 Å². The molecule has 7 nitrogen and oxygen atoms in total. The first kappa shape index (κ1) is 24.4. The molecule has 174 valence electrons. The Bertz CT molecular complexity index is 962. The van der Waals surface area contributed by atoms with Crippen LogP contribution >= 0.6 is 11.8 Å². The lowest BCUT2D eigenvalue weighted by Crippen LogP contribution is -2.44. The first-order valence-electron chi connectivity index (χ1n) is 10.7. The maximum absolute atomic E-state index is 12.5. The van der Waals surface area contributed by atoms with Gasteiger partial charge in [-0.15, -0.1) is 0 Å². The molecule has 0 radical (unpaired) electrons. The maximum atomic E-state index is 12.5. The summed E-state index contributed by atoms with van der Waals surface area (Å²) in [4.78, 5) is 35.5. The predicted molar refractivity (Wildman–Crippen MR) is 127 cm³/mol. The Kier molecular flexibility index (Phi) is 8.95. The number of nitrogens with one attached hydrogen (secondary N) is 1. The summed E-state index contributed by atoms with van der Waals surface area (Å²) in [5, 5.41) is 11.3. The van der Waals surface area contributed by atoms with Gasteiger partial charge in [0, 0.05) is 18.1 Å². The summed E-state index contributed by atoms with van der Waals surface area (Å²) in [5.74, 6) is -0.743. The van der Waals surface area contributed by atoms with Crippen molar-refractivity contribution in [2.75, 3.05) is 24.7 Å². The van der Waals surface area contributed by atoms with Gasteiger partial charge in [0.05, 0.1) is 0 Å². The highest BCUT2D eigenvalue weighted by Gasteiger charge is 2.30. The Balaban J connectivity index is 1.58. The van der Waals surface area contributed by atoms with Crippen LogP contribution in [0, 0.1) is 0 Å². The quantitative estimate of drug-likeness (QED) is 0.273. The van der Waals surface area contributed by atoms with Gasteiger partial charge in [-0.05, 0) is 34.4 Å². The molecule has 1 aliphatic rings. The fraction of sp³-hybridized carbons (Fsp3) is 0.320. The number of carboxylic acids is 1. The Morgan fingerprint density at radius 1 is 1.06 bits per heavy atom. The van der Waals surface area contributed by atoms with E-state index in [2.05, 4.69) is 24.0 Å². The van der Waals surface area contributed by atoms with Gasteiger partial charge in [-0.25, -0.2) is 9.59 Å². The number of hydrogen-bond donors (Lipinski definition) is 2. The molecule has 0 spiro atoms. The van der Waals surface area contributed by atoms with Crippen LogP contribution in [-0.4, -0.2) is 53.9 Å². The highest BCUT2D eigenvalue weighted by molar-refractivity contribution is 7.99. The number of hydrogen-bond acceptors (Lipinski definition) is 6. The van der Waals surface area contributed by atoms with Crippen LogP contribution in [0.5, 0.6) is 0 Å². The van der Waals surface area contributed by atoms with Crippen LogP contribution in [0.25, 0.3) is 11.1 Å². The van der Waals surface area contributed by atoms with Crippen molar-refractivity contribution in [1.82, 2.24) is 5.32 Å². The molecule has 0 saturated carbocycles. The van der Waals surface area contributed by atoms with Gasteiger partial charge in [-0.2, -0.15) is 11.8 Å². The lowest BCUT2D eigenvalue weighted by Gasteiger charge is -2.19. The number of carbonyl (C=O) groups is 3. The van der Waals surface area contributed by atoms with Crippen molar-refractivity contribution in [2.24, 2.45) is 0 Å². The van der Waals surface area contributed by atoms with Crippen molar-refractivity contribution in [3.8, 4) is 11.1 Å². The van der Waals surface area contributed by atoms with Crippen molar-refractivity contribution in [1.29, 1.82) is 0 Å². The highest BCUT2D eigenvalue weighted by atomic mass is 32.2. The number of carbonyl (C=O) groups excluding carboxylic acids is 2. The SMILES string of the molecule is C=CCOC(=O)C(CSCCCC(=O)O)NC(=O)OCC1c2ccccc2-c2ccccc21. The summed E-state index contributed by atoms with van der Waals surface area (Å²) in [6, 6.07) is 15.2. The zero-order valence-electron chi connectivity index (χ0n) is 18.2. The van der Waals surface area contributed by atoms with E-state index >= 15 is 0 Å². The second kappa shape index (κ2) is 12.1. The molecule has 2 aromatic rings. The molecule has 0 bridgehead atoms. The molecule has 0 fully saturated rings. The summed E-state index contributed by atoms with van der Waals surface area (Å²) in [7, 11) is 0. The van der Waals surface area contributed by atoms with Crippen molar-refractivity contribution in [3.05, 3.63) is 72.3 Å². The molecule has 1 aliphatic carbocycles. The average molecular weight is 470 g/mol. The first-order chi connectivity index (χ1) is 16.0. The van der Waals surface area contributed by atoms with Gasteiger partial charge in [-0.1, -0.05) is 61.2 Å². The van der Waals surface area contributed by atoms with Gasteiger partial charge in [0.25, 0.3) is 0 Å². The van der Waals surface area contributed by atoms with Crippen LogP contribution in [0.3, 0.4) is 0 Å². The third kappa shape index (κ3) is 6.61. The van der Waals surface area contributed by atoms with Crippen LogP contribution in [0.1, 0.15) is 29.9 Å². The van der Waals surface area contributed by atoms with Crippen molar-refractivity contribution in [3.63, 3.8) is 0 Å². The molecular weight excluding hydrogens is 442 g/mol. The standard InChI is InChI=1S/C25H27NO6S/c1-2-13-31-24(29)22(16-33-14-7-12-23(27)28)26-25(30)32-15-21-19-10-5-3-8-17(19)18-9-4-6-11-20(18)21/h2-6,8-11,21-22H,1,7,12-16H2,(H,26,30)(H,27,28). The number of aliphatic carboxylic acids is 1. The summed E-state index contributed by atoms with van der Waals surface area (Å²) >= 11 is 1.37. The molecule has 0 saturated heterocycles. The van der Waals surface area contributed by atoms with E-state index in [0.29, 0.717) is 12.2 Å². The predicted octanol–water partition coefficient (Wildman–Crippen LogP) is 4.22. The van der Waals surface area contributed by atoms with Gasteiger partial charge < -0.3 is 19.9 Å². The summed E-state index contributed by atoms with van der Waals surface area (Å²) < 4.78 is 10.6. The fourth-order valence-electron chi connectivity index (χ4n) is 3.72. The van der Waals surface area contributed by atoms with Crippen LogP contribution in [-0.2, 0) is 19.1 Å². The number of amides is 1. The summed E-state index contributed by atoms with van der Waals surface area (Å²) in [6.07, 6.45) is 1.27. The van der Waals surface area contributed by atoms with Crippen LogP contribution in [0.15, 0.2) is 61.2 Å². The minimum atomic E-state index is -0.907. The number of fused-ring (bicyclic) bond motifs is 3. The molecule has 0 heterocycles. The van der Waals surface area contributed by atoms with E-state index in [-0.39, 0.29) is 31.3 Å². The lowest BCUT2D eigenvalue weighted by molar-refractivity contribution is -0.144. The van der Waals surface area contributed by atoms with Gasteiger partial charge in [0.15, 0.2) is 0 Å². The second-order valence-electron chi connectivity index (χ2n) is 7.51. The third-order valence-corrected chi connectivity index (χ3v) is 6.37. The number of benzene rings is 2. The van der Waals surface area contributed by atoms with Gasteiger partial charge >= 0.3 is 18.0 Å². The molecule has 1 atom stereocenters. The van der Waals surface area contributed by atoms with Crippen LogP contribution in [0.4, 0.5) is 4.79 Å². The molecule has 2 N–H and O–H groups in total. The van der Waals surface area contributed by atoms with E-state index in [4.69, 9.17) is 14.6 Å². The van der Waals surface area contributed by atoms with Crippen LogP contribution in [0.2, 0.25) is 0 Å². The Labute approximate surface area is 197 Å². The minimum Gasteiger partial charge on any atom is -0.481 e. The highest BCUT2D eigenvalue weighted by Crippen LogP contribution is 2.44. The molecule has 0 aromatic heterocycles. The minimum absolute atomic E-state index is 0.0331. The number of ether oxygens (including phenoxy) is 2. The molecule has 33 heavy (non-hydrogen) atoms. The topological polar surface area (TPSA) is 102 Å². The van der Waals surface area contributed by atoms with E-state index in [1.807, 2.05) is 36.4 Å². The van der Waals surface area contributed by atoms with E-state index in [0.717, 1.165) is 22.3 Å². The number of thioether (sulfide) groups is 1. The normalized spacial score (nSPS) is 12.8. The second-order valence-corrected chi connectivity index (χ2v) is 8.66. The molecule has 1 amide bonds. The largest absolute Gasteiger partial charge is 0.481 e. The van der Waals surface area contributed by atoms with Gasteiger partial charge in [0.2, 0.25) is 0 Å². The van der Waals surface area contributed by atoms with E-state index in [1.165, 1.54) is 17.8 Å². The Hall–Kier alpha value is -3.26. The third-order valence-electron chi connectivity index (χ3n) is 5.23. The monoisotopic (exact) mass is 469 g/mol. The molecule has 1 unspecified atom stereocenters. The van der Waals surface area contributed by atoms with E-state index in [1.54, 1.807) is 0 Å². The summed E-state index contributed by atoms with van der Waals surface area (Å²) in [6.45, 7) is 3.69. The van der Waals surface area contributed by atoms with Crippen molar-refractivity contribution < 1.29 is 29.0 Å². The summed E-state index contributed by atoms with van der Waals surface area (Å²) in [5.41, 5.74) is 4.46. The fourth-order valence-corrected chi connectivity index (χ4v) is 4.69. The average Bonchev–Trinajstić information content (AvgIpc) is 3.13. The first-order valence-corrected chi connectivity index (χ1v) is 11.8. The van der Waals surface area contributed by atoms with E-state index in [9.17, 15) is 14.4 Å². The zero-order valence-corrected chi connectivity index (χ0v) is 19.0. The Morgan fingerprint density at radius 2 is 1.70 bits per heavy atom. The van der Waals surface area contributed by atoms with Crippen LogP contribution < -0.4 is 5.32 Å². The maximum Gasteiger partial charge on any atom is 0.407 e. The molecule has 8 heteroatoms. The molecule has 3 rings (SSSR count). The lowest BCUT2D eigenvalue weighted by atomic mass is 9.98. The molecule has 2 aromatic carbocycles. The zero-order chi connectivity index (χ0) is 23.6. The molecular formula is C25H27NO6S. The number of alkyl carbamates (subject to hydrolysis) is 1. The molecule has 0 aliphatic heterocycles. The van der Waals surface area contributed by atoms with Crippen molar-refractivity contribution >= 4 is 29.8 Å². The number of rotatable bonds is 12.